The molecule has 0 radical (unpaired) electrons. The van der Waals surface area contributed by atoms with E-state index in [0.29, 0.717) is 12.5 Å². The molecule has 3 aromatic rings. The van der Waals surface area contributed by atoms with Gasteiger partial charge in [0.15, 0.2) is 0 Å². The summed E-state index contributed by atoms with van der Waals surface area (Å²) >= 11 is 0. The van der Waals surface area contributed by atoms with Gasteiger partial charge in [-0.1, -0.05) is 24.8 Å². The third-order valence-corrected chi connectivity index (χ3v) is 6.64. The second kappa shape index (κ2) is 11.3. The minimum atomic E-state index is -0.0399. The molecule has 1 aliphatic heterocycles. The second-order valence-electron chi connectivity index (χ2n) is 9.44. The predicted molar refractivity (Wildman–Crippen MR) is 143 cm³/mol. The van der Waals surface area contributed by atoms with E-state index >= 15 is 0 Å². The molecule has 0 bridgehead atoms. The number of carbonyl (C=O) groups excluding carboxylic acids is 1. The first-order valence-electron chi connectivity index (χ1n) is 12.4. The van der Waals surface area contributed by atoms with E-state index in [4.69, 9.17) is 0 Å². The fraction of sp³-hybridized carbons (Fsp3) is 0.345. The van der Waals surface area contributed by atoms with Crippen LogP contribution in [0.1, 0.15) is 43.5 Å². The van der Waals surface area contributed by atoms with Crippen LogP contribution < -0.4 is 10.2 Å². The Morgan fingerprint density at radius 1 is 1.14 bits per heavy atom. The topological polar surface area (TPSA) is 61.4 Å². The second-order valence-corrected chi connectivity index (χ2v) is 9.44. The van der Waals surface area contributed by atoms with Crippen molar-refractivity contribution < 1.29 is 4.79 Å². The van der Waals surface area contributed by atoms with E-state index in [2.05, 4.69) is 58.8 Å². The SMILES string of the molecule is C=CC(=O)N(c1cccc(Cc2cccnc2Nc2ccnc(C)c2)c1)C1CCN(C(C)C)CC1. The summed E-state index contributed by atoms with van der Waals surface area (Å²) in [6.07, 6.45) is 7.65. The molecule has 0 spiro atoms. The Morgan fingerprint density at radius 3 is 2.66 bits per heavy atom. The summed E-state index contributed by atoms with van der Waals surface area (Å²) in [4.78, 5) is 26.2. The Hall–Kier alpha value is -3.51. The number of rotatable bonds is 8. The Kier molecular flexibility index (Phi) is 7.93. The zero-order valence-electron chi connectivity index (χ0n) is 20.9. The highest BCUT2D eigenvalue weighted by atomic mass is 16.2. The molecule has 1 saturated heterocycles. The maximum Gasteiger partial charge on any atom is 0.250 e. The van der Waals surface area contributed by atoms with Crippen LogP contribution in [0, 0.1) is 6.92 Å². The Morgan fingerprint density at radius 2 is 1.94 bits per heavy atom. The van der Waals surface area contributed by atoms with Gasteiger partial charge >= 0.3 is 0 Å². The third-order valence-electron chi connectivity index (χ3n) is 6.64. The van der Waals surface area contributed by atoms with E-state index in [-0.39, 0.29) is 11.9 Å². The maximum atomic E-state index is 13.0. The summed E-state index contributed by atoms with van der Waals surface area (Å²) in [7, 11) is 0. The number of piperidine rings is 1. The van der Waals surface area contributed by atoms with E-state index < -0.39 is 0 Å². The zero-order chi connectivity index (χ0) is 24.8. The fourth-order valence-corrected chi connectivity index (χ4v) is 4.77. The Balaban J connectivity index is 1.56. The van der Waals surface area contributed by atoms with Crippen LogP contribution in [-0.4, -0.2) is 45.9 Å². The standard InChI is InChI=1S/C29H35N5O/c1-5-28(35)34(26-12-16-33(17-13-26)21(2)3)27-10-6-8-23(20-27)19-24-9-7-14-31-29(24)32-25-11-15-30-22(4)18-25/h5-11,14-15,18,20-21,26H,1,12-13,16-17,19H2,2-4H3,(H,30,31,32). The molecule has 0 unspecified atom stereocenters. The van der Waals surface area contributed by atoms with Crippen LogP contribution in [0.2, 0.25) is 0 Å². The molecule has 0 saturated carbocycles. The smallest absolute Gasteiger partial charge is 0.250 e. The van der Waals surface area contributed by atoms with Crippen LogP contribution in [0.15, 0.2) is 73.6 Å². The van der Waals surface area contributed by atoms with Crippen LogP contribution in [-0.2, 0) is 11.2 Å². The molecular formula is C29H35N5O. The van der Waals surface area contributed by atoms with Crippen molar-refractivity contribution in [2.45, 2.75) is 52.1 Å². The monoisotopic (exact) mass is 469 g/mol. The van der Waals surface area contributed by atoms with E-state index in [9.17, 15) is 4.79 Å². The quantitative estimate of drug-likeness (QED) is 0.441. The number of nitrogens with one attached hydrogen (secondary N) is 1. The average Bonchev–Trinajstić information content (AvgIpc) is 2.86. The highest BCUT2D eigenvalue weighted by molar-refractivity contribution is 6.01. The minimum Gasteiger partial charge on any atom is -0.340 e. The summed E-state index contributed by atoms with van der Waals surface area (Å²) < 4.78 is 0. The molecule has 6 nitrogen and oxygen atoms in total. The summed E-state index contributed by atoms with van der Waals surface area (Å²) in [5.41, 5.74) is 5.06. The summed E-state index contributed by atoms with van der Waals surface area (Å²) in [5, 5.41) is 3.43. The number of hydrogen-bond donors (Lipinski definition) is 1. The Bertz CT molecular complexity index is 1170. The van der Waals surface area contributed by atoms with Gasteiger partial charge in [0.05, 0.1) is 0 Å². The lowest BCUT2D eigenvalue weighted by Crippen LogP contribution is -2.48. The molecule has 0 aliphatic carbocycles. The van der Waals surface area contributed by atoms with Crippen LogP contribution >= 0.6 is 0 Å². The minimum absolute atomic E-state index is 0.0399. The molecule has 1 aromatic carbocycles. The van der Waals surface area contributed by atoms with Gasteiger partial charge in [0.1, 0.15) is 5.82 Å². The van der Waals surface area contributed by atoms with Gasteiger partial charge in [0.2, 0.25) is 0 Å². The van der Waals surface area contributed by atoms with Crippen LogP contribution in [0.5, 0.6) is 0 Å². The van der Waals surface area contributed by atoms with Crippen LogP contribution in [0.25, 0.3) is 0 Å². The van der Waals surface area contributed by atoms with Crippen LogP contribution in [0.3, 0.4) is 0 Å². The molecule has 0 atom stereocenters. The number of pyridine rings is 2. The lowest BCUT2D eigenvalue weighted by molar-refractivity contribution is -0.114. The number of carbonyl (C=O) groups is 1. The van der Waals surface area contributed by atoms with E-state index in [0.717, 1.165) is 59.9 Å². The van der Waals surface area contributed by atoms with Crippen molar-refractivity contribution >= 4 is 23.1 Å². The molecule has 182 valence electrons. The molecule has 6 heteroatoms. The van der Waals surface area contributed by atoms with E-state index in [1.54, 1.807) is 12.4 Å². The first-order valence-corrected chi connectivity index (χ1v) is 12.4. The van der Waals surface area contributed by atoms with Crippen molar-refractivity contribution in [2.75, 3.05) is 23.3 Å². The lowest BCUT2D eigenvalue weighted by Gasteiger charge is -2.39. The Labute approximate surface area is 208 Å². The maximum absolute atomic E-state index is 13.0. The van der Waals surface area contributed by atoms with Crippen molar-refractivity contribution in [1.29, 1.82) is 0 Å². The van der Waals surface area contributed by atoms with Crippen molar-refractivity contribution in [3.8, 4) is 0 Å². The average molecular weight is 470 g/mol. The molecule has 3 heterocycles. The van der Waals surface area contributed by atoms with Gasteiger partial charge in [-0.25, -0.2) is 4.98 Å². The highest BCUT2D eigenvalue weighted by Crippen LogP contribution is 2.28. The van der Waals surface area contributed by atoms with Gasteiger partial charge in [0.25, 0.3) is 5.91 Å². The molecule has 35 heavy (non-hydrogen) atoms. The van der Waals surface area contributed by atoms with Gasteiger partial charge in [0, 0.05) is 61.1 Å². The number of nitrogens with zero attached hydrogens (tertiary/aromatic N) is 4. The van der Waals surface area contributed by atoms with Crippen molar-refractivity contribution in [3.63, 3.8) is 0 Å². The summed E-state index contributed by atoms with van der Waals surface area (Å²) in [5.74, 6) is 0.783. The first kappa shape index (κ1) is 24.6. The number of aromatic nitrogens is 2. The fourth-order valence-electron chi connectivity index (χ4n) is 4.77. The van der Waals surface area contributed by atoms with Gasteiger partial charge in [-0.05, 0) is 81.1 Å². The molecule has 1 aliphatic rings. The third kappa shape index (κ3) is 6.14. The lowest BCUT2D eigenvalue weighted by atomic mass is 9.99. The van der Waals surface area contributed by atoms with Gasteiger partial charge in [-0.15, -0.1) is 0 Å². The summed E-state index contributed by atoms with van der Waals surface area (Å²) in [6.45, 7) is 12.2. The molecular weight excluding hydrogens is 434 g/mol. The van der Waals surface area contributed by atoms with Crippen LogP contribution in [0.4, 0.5) is 17.2 Å². The number of likely N-dealkylation sites (tertiary alicyclic amines) is 1. The predicted octanol–water partition coefficient (Wildman–Crippen LogP) is 5.51. The zero-order valence-corrected chi connectivity index (χ0v) is 20.9. The number of benzene rings is 1. The van der Waals surface area contributed by atoms with Gasteiger partial charge in [-0.2, -0.15) is 0 Å². The summed E-state index contributed by atoms with van der Waals surface area (Å²) in [6, 6.07) is 17.0. The first-order chi connectivity index (χ1) is 16.9. The van der Waals surface area contributed by atoms with Crippen molar-refractivity contribution in [2.24, 2.45) is 0 Å². The number of anilines is 3. The van der Waals surface area contributed by atoms with E-state index in [1.165, 1.54) is 6.08 Å². The molecule has 1 N–H and O–H groups in total. The molecule has 2 aromatic heterocycles. The van der Waals surface area contributed by atoms with E-state index in [1.807, 2.05) is 42.2 Å². The molecule has 1 fully saturated rings. The highest BCUT2D eigenvalue weighted by Gasteiger charge is 2.29. The largest absolute Gasteiger partial charge is 0.340 e. The van der Waals surface area contributed by atoms with Gasteiger partial charge in [-0.3, -0.25) is 9.78 Å². The van der Waals surface area contributed by atoms with Crippen molar-refractivity contribution in [3.05, 3.63) is 90.4 Å². The number of amides is 1. The number of aryl methyl sites for hydroxylation is 1. The normalized spacial score (nSPS) is 14.6. The molecule has 4 rings (SSSR count). The van der Waals surface area contributed by atoms with Gasteiger partial charge < -0.3 is 15.1 Å². The van der Waals surface area contributed by atoms with Crippen molar-refractivity contribution in [1.82, 2.24) is 14.9 Å². The molecule has 1 amide bonds. The number of hydrogen-bond acceptors (Lipinski definition) is 5.